The minimum absolute atomic E-state index is 0.279. The summed E-state index contributed by atoms with van der Waals surface area (Å²) in [5.74, 6) is -1.61. The summed E-state index contributed by atoms with van der Waals surface area (Å²) >= 11 is 1.61. The van der Waals surface area contributed by atoms with Crippen molar-refractivity contribution in [1.82, 2.24) is 5.06 Å². The molecule has 0 saturated heterocycles. The number of thiophene rings is 1. The summed E-state index contributed by atoms with van der Waals surface area (Å²) in [6.07, 6.45) is 5.00. The molecule has 2 aliphatic rings. The highest BCUT2D eigenvalue weighted by Crippen LogP contribution is 2.42. The molecule has 0 atom stereocenters. The van der Waals surface area contributed by atoms with E-state index in [9.17, 15) is 14.4 Å². The van der Waals surface area contributed by atoms with Gasteiger partial charge >= 0.3 is 5.97 Å². The first kappa shape index (κ1) is 17.0. The molecule has 2 heterocycles. The molecule has 0 radical (unpaired) electrons. The molecule has 0 bridgehead atoms. The van der Waals surface area contributed by atoms with E-state index >= 15 is 0 Å². The predicted octanol–water partition coefficient (Wildman–Crippen LogP) is 4.00. The molecule has 2 amide bonds. The van der Waals surface area contributed by atoms with Crippen LogP contribution in [0.4, 0.5) is 0 Å². The molecule has 0 spiro atoms. The molecule has 0 unspecified atom stereocenters. The normalized spacial score (nSPS) is 18.7. The molecule has 1 aromatic carbocycles. The second kappa shape index (κ2) is 6.68. The summed E-state index contributed by atoms with van der Waals surface area (Å²) < 4.78 is 0. The number of amides is 2. The zero-order valence-electron chi connectivity index (χ0n) is 14.3. The van der Waals surface area contributed by atoms with Crippen molar-refractivity contribution >= 4 is 29.1 Å². The second-order valence-electron chi connectivity index (χ2n) is 6.93. The van der Waals surface area contributed by atoms with Gasteiger partial charge in [-0.3, -0.25) is 9.59 Å². The van der Waals surface area contributed by atoms with Crippen molar-refractivity contribution in [3.05, 3.63) is 57.8 Å². The maximum atomic E-state index is 13.1. The van der Waals surface area contributed by atoms with Crippen molar-refractivity contribution in [3.63, 3.8) is 0 Å². The number of carbonyl (C=O) groups is 3. The molecule has 1 aliphatic carbocycles. The van der Waals surface area contributed by atoms with Gasteiger partial charge in [-0.1, -0.05) is 42.5 Å². The van der Waals surface area contributed by atoms with E-state index in [-0.39, 0.29) is 11.1 Å². The average Bonchev–Trinajstić information content (AvgIpc) is 3.25. The van der Waals surface area contributed by atoms with E-state index in [4.69, 9.17) is 4.84 Å². The van der Waals surface area contributed by atoms with Gasteiger partial charge in [0.2, 0.25) is 0 Å². The lowest BCUT2D eigenvalue weighted by Gasteiger charge is -2.35. The van der Waals surface area contributed by atoms with Gasteiger partial charge in [0.1, 0.15) is 0 Å². The molecule has 0 N–H and O–H groups in total. The lowest BCUT2D eigenvalue weighted by molar-refractivity contribution is -0.183. The van der Waals surface area contributed by atoms with Crippen LogP contribution in [0.1, 0.15) is 57.7 Å². The average molecular weight is 369 g/mol. The van der Waals surface area contributed by atoms with Gasteiger partial charge in [-0.05, 0) is 42.8 Å². The van der Waals surface area contributed by atoms with Crippen LogP contribution in [-0.4, -0.2) is 22.8 Å². The molecule has 26 heavy (non-hydrogen) atoms. The van der Waals surface area contributed by atoms with E-state index in [2.05, 4.69) is 0 Å². The SMILES string of the molecule is O=C1c2ccccc2C(=O)N1OC(=O)C1(Cc2cccs2)CCCCC1. The molecule has 134 valence electrons. The Labute approximate surface area is 155 Å². The molecule has 1 aromatic heterocycles. The fraction of sp³-hybridized carbons (Fsp3) is 0.350. The predicted molar refractivity (Wildman–Crippen MR) is 96.6 cm³/mol. The van der Waals surface area contributed by atoms with Crippen molar-refractivity contribution in [1.29, 1.82) is 0 Å². The van der Waals surface area contributed by atoms with Crippen molar-refractivity contribution in [2.45, 2.75) is 38.5 Å². The first-order valence-electron chi connectivity index (χ1n) is 8.83. The number of hydroxylamine groups is 2. The van der Waals surface area contributed by atoms with E-state index in [1.165, 1.54) is 0 Å². The van der Waals surface area contributed by atoms with Gasteiger partial charge in [-0.25, -0.2) is 4.79 Å². The minimum atomic E-state index is -0.668. The fourth-order valence-electron chi connectivity index (χ4n) is 3.86. The number of carbonyl (C=O) groups excluding carboxylic acids is 3. The van der Waals surface area contributed by atoms with Gasteiger partial charge in [0.25, 0.3) is 11.8 Å². The van der Waals surface area contributed by atoms with Gasteiger partial charge in [0.15, 0.2) is 0 Å². The molecule has 1 aliphatic heterocycles. The zero-order chi connectivity index (χ0) is 18.1. The van der Waals surface area contributed by atoms with Gasteiger partial charge in [0, 0.05) is 4.88 Å². The highest BCUT2D eigenvalue weighted by molar-refractivity contribution is 7.09. The van der Waals surface area contributed by atoms with Crippen LogP contribution in [0.25, 0.3) is 0 Å². The van der Waals surface area contributed by atoms with Crippen LogP contribution in [0.2, 0.25) is 0 Å². The van der Waals surface area contributed by atoms with Crippen LogP contribution < -0.4 is 0 Å². The first-order valence-corrected chi connectivity index (χ1v) is 9.71. The molecule has 1 saturated carbocycles. The Morgan fingerprint density at radius 3 is 2.23 bits per heavy atom. The molecule has 6 heteroatoms. The highest BCUT2D eigenvalue weighted by atomic mass is 32.1. The van der Waals surface area contributed by atoms with Crippen LogP contribution in [0.3, 0.4) is 0 Å². The number of rotatable bonds is 4. The number of nitrogens with zero attached hydrogens (tertiary/aromatic N) is 1. The monoisotopic (exact) mass is 369 g/mol. The van der Waals surface area contributed by atoms with Crippen LogP contribution in [0.15, 0.2) is 41.8 Å². The number of hydrogen-bond acceptors (Lipinski definition) is 5. The van der Waals surface area contributed by atoms with Crippen LogP contribution in [0.5, 0.6) is 0 Å². The number of fused-ring (bicyclic) bond motifs is 1. The molecule has 2 aromatic rings. The van der Waals surface area contributed by atoms with Gasteiger partial charge in [-0.2, -0.15) is 0 Å². The van der Waals surface area contributed by atoms with Crippen LogP contribution >= 0.6 is 11.3 Å². The third-order valence-electron chi connectivity index (χ3n) is 5.27. The number of imide groups is 1. The van der Waals surface area contributed by atoms with Crippen molar-refractivity contribution < 1.29 is 19.2 Å². The van der Waals surface area contributed by atoms with E-state index in [0.717, 1.165) is 24.1 Å². The number of benzene rings is 1. The first-order chi connectivity index (χ1) is 12.6. The molecule has 4 rings (SSSR count). The van der Waals surface area contributed by atoms with E-state index < -0.39 is 23.2 Å². The maximum Gasteiger partial charge on any atom is 0.339 e. The smallest absolute Gasteiger partial charge is 0.329 e. The van der Waals surface area contributed by atoms with Crippen molar-refractivity contribution in [2.24, 2.45) is 5.41 Å². The lowest BCUT2D eigenvalue weighted by Crippen LogP contribution is -2.42. The summed E-state index contributed by atoms with van der Waals surface area (Å²) in [6.45, 7) is 0. The maximum absolute atomic E-state index is 13.1. The Morgan fingerprint density at radius 1 is 1.00 bits per heavy atom. The van der Waals surface area contributed by atoms with Gasteiger partial charge in [-0.15, -0.1) is 11.3 Å². The van der Waals surface area contributed by atoms with E-state index in [0.29, 0.717) is 24.3 Å². The summed E-state index contributed by atoms with van der Waals surface area (Å²) in [4.78, 5) is 44.6. The Morgan fingerprint density at radius 2 is 1.65 bits per heavy atom. The Bertz CT molecular complexity index is 817. The Hall–Kier alpha value is -2.47. The molecular weight excluding hydrogens is 350 g/mol. The summed E-state index contributed by atoms with van der Waals surface area (Å²) in [7, 11) is 0. The standard InChI is InChI=1S/C20H19NO4S/c22-17-15-8-2-3-9-16(15)18(23)21(17)25-19(24)20(10-4-1-5-11-20)13-14-7-6-12-26-14/h2-3,6-9,12H,1,4-5,10-11,13H2. The lowest BCUT2D eigenvalue weighted by atomic mass is 9.71. The van der Waals surface area contributed by atoms with Crippen LogP contribution in [0, 0.1) is 5.41 Å². The summed E-state index contributed by atoms with van der Waals surface area (Å²) in [6, 6.07) is 10.5. The minimum Gasteiger partial charge on any atom is -0.329 e. The fourth-order valence-corrected chi connectivity index (χ4v) is 4.71. The molecule has 5 nitrogen and oxygen atoms in total. The topological polar surface area (TPSA) is 63.7 Å². The zero-order valence-corrected chi connectivity index (χ0v) is 15.1. The Kier molecular flexibility index (Phi) is 4.36. The third kappa shape index (κ3) is 2.84. The third-order valence-corrected chi connectivity index (χ3v) is 6.14. The second-order valence-corrected chi connectivity index (χ2v) is 7.96. The summed E-state index contributed by atoms with van der Waals surface area (Å²) in [5.41, 5.74) is -0.110. The Balaban J connectivity index is 1.57. The quantitative estimate of drug-likeness (QED) is 0.764. The van der Waals surface area contributed by atoms with Gasteiger partial charge in [0.05, 0.1) is 16.5 Å². The van der Waals surface area contributed by atoms with Crippen molar-refractivity contribution in [2.75, 3.05) is 0 Å². The van der Waals surface area contributed by atoms with E-state index in [1.54, 1.807) is 35.6 Å². The van der Waals surface area contributed by atoms with Gasteiger partial charge < -0.3 is 4.84 Å². The van der Waals surface area contributed by atoms with Crippen LogP contribution in [-0.2, 0) is 16.1 Å². The highest BCUT2D eigenvalue weighted by Gasteiger charge is 2.46. The number of hydrogen-bond donors (Lipinski definition) is 0. The van der Waals surface area contributed by atoms with Crippen molar-refractivity contribution in [3.8, 4) is 0 Å². The van der Waals surface area contributed by atoms with E-state index in [1.807, 2.05) is 17.5 Å². The summed E-state index contributed by atoms with van der Waals surface area (Å²) in [5, 5.41) is 2.62. The largest absolute Gasteiger partial charge is 0.339 e. The molecular formula is C20H19NO4S. The molecule has 1 fully saturated rings.